The summed E-state index contributed by atoms with van der Waals surface area (Å²) >= 11 is 0. The van der Waals surface area contributed by atoms with Crippen LogP contribution in [0.3, 0.4) is 0 Å². The Morgan fingerprint density at radius 2 is 1.89 bits per heavy atom. The maximum Gasteiger partial charge on any atom is 0.259 e. The summed E-state index contributed by atoms with van der Waals surface area (Å²) in [6.45, 7) is 8.09. The van der Waals surface area contributed by atoms with Crippen LogP contribution in [-0.4, -0.2) is 38.4 Å². The molecular formula is C20H23N7O. The molecule has 28 heavy (non-hydrogen) atoms. The van der Waals surface area contributed by atoms with E-state index in [4.69, 9.17) is 0 Å². The first-order valence-electron chi connectivity index (χ1n) is 8.92. The molecule has 0 unspecified atom stereocenters. The third kappa shape index (κ3) is 4.59. The first-order valence-corrected chi connectivity index (χ1v) is 8.92. The Morgan fingerprint density at radius 1 is 1.14 bits per heavy atom. The molecule has 0 saturated heterocycles. The molecule has 3 aromatic rings. The number of amides is 1. The van der Waals surface area contributed by atoms with Crippen molar-refractivity contribution in [1.29, 1.82) is 0 Å². The highest BCUT2D eigenvalue weighted by Crippen LogP contribution is 2.21. The van der Waals surface area contributed by atoms with Crippen LogP contribution in [-0.2, 0) is 4.79 Å². The summed E-state index contributed by atoms with van der Waals surface area (Å²) in [6, 6.07) is 11.8. The van der Waals surface area contributed by atoms with Gasteiger partial charge in [-0.05, 0) is 66.9 Å². The minimum Gasteiger partial charge on any atom is -0.376 e. The first kappa shape index (κ1) is 19.2. The number of nitrogens with one attached hydrogen (secondary N) is 2. The van der Waals surface area contributed by atoms with Crippen LogP contribution in [0.4, 0.5) is 5.69 Å². The minimum absolute atomic E-state index is 0.145. The van der Waals surface area contributed by atoms with E-state index in [-0.39, 0.29) is 12.5 Å². The molecule has 2 aromatic carbocycles. The zero-order valence-corrected chi connectivity index (χ0v) is 16.4. The number of anilines is 1. The average molecular weight is 377 g/mol. The molecular weight excluding hydrogens is 354 g/mol. The quantitative estimate of drug-likeness (QED) is 0.508. The fourth-order valence-electron chi connectivity index (χ4n) is 3.03. The fraction of sp³-hybridized carbons (Fsp3) is 0.250. The van der Waals surface area contributed by atoms with Crippen LogP contribution in [0.25, 0.3) is 5.69 Å². The Morgan fingerprint density at radius 3 is 2.57 bits per heavy atom. The highest BCUT2D eigenvalue weighted by molar-refractivity contribution is 5.99. The number of hydrogen-bond donors (Lipinski definition) is 2. The van der Waals surface area contributed by atoms with Gasteiger partial charge in [0.2, 0.25) is 0 Å². The van der Waals surface area contributed by atoms with Crippen molar-refractivity contribution in [3.8, 4) is 5.69 Å². The number of aromatic nitrogens is 4. The van der Waals surface area contributed by atoms with Gasteiger partial charge in [0, 0.05) is 5.69 Å². The van der Waals surface area contributed by atoms with Crippen molar-refractivity contribution < 1.29 is 4.79 Å². The lowest BCUT2D eigenvalue weighted by Crippen LogP contribution is -2.27. The highest BCUT2D eigenvalue weighted by Gasteiger charge is 2.07. The van der Waals surface area contributed by atoms with Gasteiger partial charge in [-0.25, -0.2) is 10.1 Å². The van der Waals surface area contributed by atoms with Gasteiger partial charge < -0.3 is 5.32 Å². The van der Waals surface area contributed by atoms with Gasteiger partial charge in [0.05, 0.1) is 17.9 Å². The number of hydrazone groups is 1. The lowest BCUT2D eigenvalue weighted by Gasteiger charge is -2.13. The van der Waals surface area contributed by atoms with Crippen molar-refractivity contribution in [2.24, 2.45) is 5.10 Å². The van der Waals surface area contributed by atoms with E-state index in [0.29, 0.717) is 5.71 Å². The number of hydrogen-bond acceptors (Lipinski definition) is 6. The summed E-state index contributed by atoms with van der Waals surface area (Å²) in [5, 5.41) is 18.5. The summed E-state index contributed by atoms with van der Waals surface area (Å²) < 4.78 is 1.56. The molecule has 1 heterocycles. The Labute approximate surface area is 163 Å². The van der Waals surface area contributed by atoms with Gasteiger partial charge in [0.1, 0.15) is 6.33 Å². The second kappa shape index (κ2) is 8.43. The minimum atomic E-state index is -0.213. The van der Waals surface area contributed by atoms with Crippen LogP contribution in [0.1, 0.15) is 29.2 Å². The van der Waals surface area contributed by atoms with Crippen LogP contribution in [0.2, 0.25) is 0 Å². The van der Waals surface area contributed by atoms with Gasteiger partial charge in [-0.15, -0.1) is 5.10 Å². The van der Waals surface area contributed by atoms with Gasteiger partial charge in [-0.3, -0.25) is 4.79 Å². The van der Waals surface area contributed by atoms with Crippen molar-refractivity contribution in [2.45, 2.75) is 27.7 Å². The summed E-state index contributed by atoms with van der Waals surface area (Å²) in [5.41, 5.74) is 9.38. The highest BCUT2D eigenvalue weighted by atomic mass is 16.2. The molecule has 8 heteroatoms. The summed E-state index contributed by atoms with van der Waals surface area (Å²) in [6.07, 6.45) is 1.52. The van der Waals surface area contributed by atoms with Crippen LogP contribution >= 0.6 is 0 Å². The molecule has 0 aliphatic heterocycles. The number of rotatable bonds is 6. The maximum absolute atomic E-state index is 12.2. The smallest absolute Gasteiger partial charge is 0.259 e. The van der Waals surface area contributed by atoms with E-state index in [0.717, 1.165) is 28.1 Å². The molecule has 0 aliphatic rings. The van der Waals surface area contributed by atoms with Crippen LogP contribution in [0.15, 0.2) is 47.8 Å². The van der Waals surface area contributed by atoms with Crippen LogP contribution in [0, 0.1) is 20.8 Å². The lowest BCUT2D eigenvalue weighted by atomic mass is 10.1. The van der Waals surface area contributed by atoms with E-state index in [2.05, 4.69) is 50.4 Å². The predicted octanol–water partition coefficient (Wildman–Crippen LogP) is 2.54. The van der Waals surface area contributed by atoms with E-state index in [9.17, 15) is 4.79 Å². The van der Waals surface area contributed by atoms with Crippen LogP contribution < -0.4 is 10.7 Å². The largest absolute Gasteiger partial charge is 0.376 e. The summed E-state index contributed by atoms with van der Waals surface area (Å²) in [7, 11) is 0. The third-order valence-electron chi connectivity index (χ3n) is 4.33. The molecule has 2 N–H and O–H groups in total. The van der Waals surface area contributed by atoms with Crippen molar-refractivity contribution in [3.05, 3.63) is 65.0 Å². The Bertz CT molecular complexity index is 986. The van der Waals surface area contributed by atoms with E-state index in [1.54, 1.807) is 4.68 Å². The SMILES string of the molecule is C/C(=N/NC(=O)CNc1c(C)cc(C)cc1C)c1cccc(-n2cnnn2)c1. The van der Waals surface area contributed by atoms with E-state index >= 15 is 0 Å². The molecule has 1 aromatic heterocycles. The normalized spacial score (nSPS) is 11.4. The van der Waals surface area contributed by atoms with Gasteiger partial charge in [-0.2, -0.15) is 5.10 Å². The number of benzene rings is 2. The Balaban J connectivity index is 1.62. The second-order valence-corrected chi connectivity index (χ2v) is 6.66. The molecule has 144 valence electrons. The first-order chi connectivity index (χ1) is 13.4. The van der Waals surface area contributed by atoms with E-state index in [1.165, 1.54) is 11.9 Å². The molecule has 0 spiro atoms. The number of carbonyl (C=O) groups excluding carboxylic acids is 1. The van der Waals surface area contributed by atoms with Gasteiger partial charge in [-0.1, -0.05) is 29.8 Å². The average Bonchev–Trinajstić information content (AvgIpc) is 3.20. The van der Waals surface area contributed by atoms with Crippen molar-refractivity contribution in [1.82, 2.24) is 25.6 Å². The van der Waals surface area contributed by atoms with Gasteiger partial charge >= 0.3 is 0 Å². The third-order valence-corrected chi connectivity index (χ3v) is 4.33. The Kier molecular flexibility index (Phi) is 5.78. The predicted molar refractivity (Wildman–Crippen MR) is 109 cm³/mol. The summed E-state index contributed by atoms with van der Waals surface area (Å²) in [5.74, 6) is -0.213. The molecule has 0 saturated carbocycles. The zero-order valence-electron chi connectivity index (χ0n) is 16.4. The number of nitrogens with zero attached hydrogens (tertiary/aromatic N) is 5. The molecule has 0 fully saturated rings. The molecule has 0 aliphatic carbocycles. The van der Waals surface area contributed by atoms with Crippen molar-refractivity contribution in [2.75, 3.05) is 11.9 Å². The van der Waals surface area contributed by atoms with Crippen molar-refractivity contribution >= 4 is 17.3 Å². The standard InChI is InChI=1S/C20H23N7O/c1-13-8-14(2)20(15(3)9-13)21-11-19(28)24-23-16(4)17-6-5-7-18(10-17)27-12-22-25-26-27/h5-10,12,21H,11H2,1-4H3,(H,24,28)/b23-16-. The maximum atomic E-state index is 12.2. The number of tetrazole rings is 1. The molecule has 3 rings (SSSR count). The molecule has 0 atom stereocenters. The second-order valence-electron chi connectivity index (χ2n) is 6.66. The van der Waals surface area contributed by atoms with Crippen molar-refractivity contribution in [3.63, 3.8) is 0 Å². The zero-order chi connectivity index (χ0) is 20.1. The molecule has 0 bridgehead atoms. The van der Waals surface area contributed by atoms with E-state index < -0.39 is 0 Å². The van der Waals surface area contributed by atoms with Gasteiger partial charge in [0.25, 0.3) is 5.91 Å². The fourth-order valence-corrected chi connectivity index (χ4v) is 3.03. The summed E-state index contributed by atoms with van der Waals surface area (Å²) in [4.78, 5) is 12.2. The lowest BCUT2D eigenvalue weighted by molar-refractivity contribution is -0.119. The molecule has 1 amide bonds. The van der Waals surface area contributed by atoms with Gasteiger partial charge in [0.15, 0.2) is 0 Å². The molecule has 8 nitrogen and oxygen atoms in total. The monoisotopic (exact) mass is 377 g/mol. The number of carbonyl (C=O) groups is 1. The van der Waals surface area contributed by atoms with E-state index in [1.807, 2.05) is 45.0 Å². The number of aryl methyl sites for hydroxylation is 3. The Hall–Kier alpha value is -3.55. The van der Waals surface area contributed by atoms with Crippen LogP contribution in [0.5, 0.6) is 0 Å². The molecule has 0 radical (unpaired) electrons. The topological polar surface area (TPSA) is 97.1 Å².